The van der Waals surface area contributed by atoms with Crippen LogP contribution in [0, 0.1) is 0 Å². The fourth-order valence-electron chi connectivity index (χ4n) is 4.87. The first kappa shape index (κ1) is 30.4. The van der Waals surface area contributed by atoms with Gasteiger partial charge < -0.3 is 8.85 Å². The molecule has 0 aromatic rings. The maximum Gasteiger partial charge on any atom is 0.162 e. The zero-order valence-electron chi connectivity index (χ0n) is 22.0. The highest BCUT2D eigenvalue weighted by molar-refractivity contribution is 6.34. The molecule has 0 spiro atoms. The highest BCUT2D eigenvalue weighted by Crippen LogP contribution is 2.32. The summed E-state index contributed by atoms with van der Waals surface area (Å²) in [5.74, 6) is 0. The Hall–Kier alpha value is 0.354. The Labute approximate surface area is 195 Å². The highest BCUT2D eigenvalue weighted by atomic mass is 28.2. The molecule has 0 aromatic heterocycles. The summed E-state index contributed by atoms with van der Waals surface area (Å²) in [4.78, 5) is 0. The van der Waals surface area contributed by atoms with Crippen LogP contribution in [0.4, 0.5) is 0 Å². The molecular formula is C26H58O2Si2. The monoisotopic (exact) mass is 458 g/mol. The summed E-state index contributed by atoms with van der Waals surface area (Å²) in [6, 6.07) is 2.67. The van der Waals surface area contributed by atoms with Crippen LogP contribution >= 0.6 is 0 Å². The first-order chi connectivity index (χ1) is 14.6. The van der Waals surface area contributed by atoms with Gasteiger partial charge in [0.25, 0.3) is 0 Å². The average molecular weight is 459 g/mol. The van der Waals surface area contributed by atoms with Gasteiger partial charge in [0.15, 0.2) is 19.5 Å². The predicted molar refractivity (Wildman–Crippen MR) is 142 cm³/mol. The van der Waals surface area contributed by atoms with E-state index in [9.17, 15) is 0 Å². The molecule has 0 aromatic carbocycles. The summed E-state index contributed by atoms with van der Waals surface area (Å²) in [7, 11) is -0.843. The van der Waals surface area contributed by atoms with E-state index in [1.165, 1.54) is 115 Å². The van der Waals surface area contributed by atoms with Gasteiger partial charge in [-0.2, -0.15) is 0 Å². The normalized spacial score (nSPS) is 13.4. The smallest absolute Gasteiger partial charge is 0.162 e. The molecule has 0 amide bonds. The van der Waals surface area contributed by atoms with Crippen molar-refractivity contribution in [3.05, 3.63) is 0 Å². The summed E-state index contributed by atoms with van der Waals surface area (Å²) in [5.41, 5.74) is 0.424. The van der Waals surface area contributed by atoms with Crippen LogP contribution in [0.3, 0.4) is 0 Å². The summed E-state index contributed by atoms with van der Waals surface area (Å²) < 4.78 is 13.6. The second-order valence-corrected chi connectivity index (χ2v) is 12.5. The van der Waals surface area contributed by atoms with E-state index in [0.717, 1.165) is 0 Å². The fraction of sp³-hybridized carbons (Fsp3) is 1.00. The van der Waals surface area contributed by atoms with E-state index in [1.54, 1.807) is 0 Å². The van der Waals surface area contributed by atoms with Gasteiger partial charge in [0.2, 0.25) is 0 Å². The molecule has 0 aliphatic carbocycles. The van der Waals surface area contributed by atoms with Gasteiger partial charge in [-0.15, -0.1) is 0 Å². The molecule has 0 heterocycles. The van der Waals surface area contributed by atoms with Crippen LogP contribution in [0.5, 0.6) is 0 Å². The number of unbranched alkanes of at least 4 members (excludes halogenated alkanes) is 4. The van der Waals surface area contributed by atoms with E-state index in [2.05, 4.69) is 41.5 Å². The lowest BCUT2D eigenvalue weighted by Gasteiger charge is -2.36. The molecule has 0 bridgehead atoms. The lowest BCUT2D eigenvalue weighted by Crippen LogP contribution is -2.35. The van der Waals surface area contributed by atoms with Gasteiger partial charge in [-0.25, -0.2) is 0 Å². The Bertz CT molecular complexity index is 313. The number of hydrogen-bond acceptors (Lipinski definition) is 2. The van der Waals surface area contributed by atoms with Crippen molar-refractivity contribution in [3.8, 4) is 0 Å². The molecule has 0 saturated heterocycles. The minimum atomic E-state index is -0.422. The SMILES string of the molecule is CCCCC(CCC)(CCCC)O[SiH2]CC[SiH2]OC(CCC)(CCCC)CCCC. The summed E-state index contributed by atoms with van der Waals surface area (Å²) in [6.45, 7) is 13.9. The zero-order valence-corrected chi connectivity index (χ0v) is 24.8. The van der Waals surface area contributed by atoms with Crippen LogP contribution in [0.2, 0.25) is 12.1 Å². The van der Waals surface area contributed by atoms with Crippen LogP contribution in [0.1, 0.15) is 144 Å². The third kappa shape index (κ3) is 13.7. The van der Waals surface area contributed by atoms with Gasteiger partial charge in [0, 0.05) is 0 Å². The maximum atomic E-state index is 6.79. The first-order valence-corrected chi connectivity index (χ1v) is 17.0. The van der Waals surface area contributed by atoms with Crippen molar-refractivity contribution in [3.63, 3.8) is 0 Å². The van der Waals surface area contributed by atoms with Crippen LogP contribution in [-0.4, -0.2) is 30.7 Å². The van der Waals surface area contributed by atoms with E-state index >= 15 is 0 Å². The molecule has 0 unspecified atom stereocenters. The fourth-order valence-corrected chi connectivity index (χ4v) is 8.53. The van der Waals surface area contributed by atoms with Crippen molar-refractivity contribution in [2.75, 3.05) is 0 Å². The lowest BCUT2D eigenvalue weighted by molar-refractivity contribution is 0.0369. The molecule has 0 rings (SSSR count). The zero-order chi connectivity index (χ0) is 22.6. The van der Waals surface area contributed by atoms with Crippen molar-refractivity contribution in [1.82, 2.24) is 0 Å². The summed E-state index contributed by atoms with van der Waals surface area (Å²) in [6.07, 6.45) is 20.6. The van der Waals surface area contributed by atoms with Crippen LogP contribution in [0.15, 0.2) is 0 Å². The van der Waals surface area contributed by atoms with Gasteiger partial charge in [0.05, 0.1) is 11.2 Å². The third-order valence-corrected chi connectivity index (χ3v) is 10.9. The Morgan fingerprint density at radius 2 is 0.733 bits per heavy atom. The Morgan fingerprint density at radius 3 is 0.967 bits per heavy atom. The lowest BCUT2D eigenvalue weighted by atomic mass is 9.87. The molecule has 30 heavy (non-hydrogen) atoms. The molecule has 4 heteroatoms. The number of rotatable bonds is 23. The van der Waals surface area contributed by atoms with E-state index in [4.69, 9.17) is 8.85 Å². The molecule has 0 aliphatic rings. The molecule has 0 atom stereocenters. The van der Waals surface area contributed by atoms with E-state index in [1.807, 2.05) is 0 Å². The summed E-state index contributed by atoms with van der Waals surface area (Å²) >= 11 is 0. The minimum absolute atomic E-state index is 0.212. The van der Waals surface area contributed by atoms with E-state index in [0.29, 0.717) is 0 Å². The Kier molecular flexibility index (Phi) is 20.2. The Balaban J connectivity index is 4.59. The van der Waals surface area contributed by atoms with Crippen LogP contribution < -0.4 is 0 Å². The van der Waals surface area contributed by atoms with Gasteiger partial charge in [-0.1, -0.05) is 106 Å². The first-order valence-electron chi connectivity index (χ1n) is 13.8. The average Bonchev–Trinajstić information content (AvgIpc) is 2.75. The topological polar surface area (TPSA) is 18.5 Å². The molecule has 0 radical (unpaired) electrons. The predicted octanol–water partition coefficient (Wildman–Crippen LogP) is 7.86. The quantitative estimate of drug-likeness (QED) is 0.115. The second kappa shape index (κ2) is 20.0. The summed E-state index contributed by atoms with van der Waals surface area (Å²) in [5, 5.41) is 0. The maximum absolute atomic E-state index is 6.79. The third-order valence-electron chi connectivity index (χ3n) is 6.71. The molecule has 0 saturated carbocycles. The highest BCUT2D eigenvalue weighted by Gasteiger charge is 2.29. The largest absolute Gasteiger partial charge is 0.419 e. The standard InChI is InChI=1S/C26H58O2Si2/c1-7-13-19-25(17-11-5,20-14-8-2)27-29-23-24-30-28-26(18-12-6,21-15-9-3)22-16-10-4/h7-24,29-30H2,1-6H3. The van der Waals surface area contributed by atoms with E-state index in [-0.39, 0.29) is 11.2 Å². The molecule has 2 nitrogen and oxygen atoms in total. The number of hydrogen-bond donors (Lipinski definition) is 0. The van der Waals surface area contributed by atoms with Crippen molar-refractivity contribution < 1.29 is 8.85 Å². The van der Waals surface area contributed by atoms with Gasteiger partial charge >= 0.3 is 0 Å². The van der Waals surface area contributed by atoms with Crippen molar-refractivity contribution in [1.29, 1.82) is 0 Å². The van der Waals surface area contributed by atoms with Crippen molar-refractivity contribution in [2.45, 2.75) is 168 Å². The van der Waals surface area contributed by atoms with Gasteiger partial charge in [-0.05, 0) is 50.6 Å². The Morgan fingerprint density at radius 1 is 0.433 bits per heavy atom. The molecule has 182 valence electrons. The molecule has 0 N–H and O–H groups in total. The minimum Gasteiger partial charge on any atom is -0.419 e. The van der Waals surface area contributed by atoms with Crippen LogP contribution in [-0.2, 0) is 8.85 Å². The molecule has 0 fully saturated rings. The van der Waals surface area contributed by atoms with Crippen LogP contribution in [0.25, 0.3) is 0 Å². The van der Waals surface area contributed by atoms with E-state index < -0.39 is 19.5 Å². The second-order valence-electron chi connectivity index (χ2n) is 9.68. The molecule has 0 aliphatic heterocycles. The van der Waals surface area contributed by atoms with Gasteiger partial charge in [0.1, 0.15) is 0 Å². The van der Waals surface area contributed by atoms with Gasteiger partial charge in [-0.3, -0.25) is 0 Å². The van der Waals surface area contributed by atoms with Crippen molar-refractivity contribution in [2.24, 2.45) is 0 Å². The molecular weight excluding hydrogens is 400 g/mol. The van der Waals surface area contributed by atoms with Crippen molar-refractivity contribution >= 4 is 19.5 Å².